The largest absolute Gasteiger partial charge is 0.390 e. The monoisotopic (exact) mass is 464 g/mol. The number of aromatic amines is 2. The average Bonchev–Trinajstić information content (AvgIpc) is 3.53. The van der Waals surface area contributed by atoms with Crippen LogP contribution in [0.5, 0.6) is 0 Å². The third-order valence-corrected chi connectivity index (χ3v) is 6.56. The lowest BCUT2D eigenvalue weighted by atomic mass is 9.96. The van der Waals surface area contributed by atoms with Crippen molar-refractivity contribution in [1.82, 2.24) is 9.97 Å². The van der Waals surface area contributed by atoms with E-state index >= 15 is 0 Å². The van der Waals surface area contributed by atoms with Crippen LogP contribution in [0.25, 0.3) is 43.6 Å². The van der Waals surface area contributed by atoms with Crippen molar-refractivity contribution in [2.75, 3.05) is 0 Å². The van der Waals surface area contributed by atoms with E-state index in [2.05, 4.69) is 9.97 Å². The van der Waals surface area contributed by atoms with E-state index in [1.165, 1.54) is 24.3 Å². The summed E-state index contributed by atoms with van der Waals surface area (Å²) >= 11 is 0. The lowest BCUT2D eigenvalue weighted by Gasteiger charge is -2.03. The van der Waals surface area contributed by atoms with E-state index in [-0.39, 0.29) is 11.1 Å². The van der Waals surface area contributed by atoms with Crippen molar-refractivity contribution in [3.63, 3.8) is 0 Å². The number of aromatic nitrogens is 2. The molecule has 1 aliphatic heterocycles. The molecule has 0 spiro atoms. The van der Waals surface area contributed by atoms with Crippen molar-refractivity contribution < 1.29 is 33.3 Å². The minimum absolute atomic E-state index is 0.0736. The van der Waals surface area contributed by atoms with Gasteiger partial charge >= 0.3 is 11.9 Å². The number of aliphatic hydroxyl groups excluding tert-OH is 2. The van der Waals surface area contributed by atoms with Crippen molar-refractivity contribution in [1.29, 1.82) is 0 Å². The highest BCUT2D eigenvalue weighted by Gasteiger charge is 2.37. The second-order valence-corrected chi connectivity index (χ2v) is 8.62. The van der Waals surface area contributed by atoms with Gasteiger partial charge < -0.3 is 24.9 Å². The number of benzene rings is 3. The molecule has 1 saturated carbocycles. The van der Waals surface area contributed by atoms with E-state index in [1.807, 2.05) is 0 Å². The zero-order chi connectivity index (χ0) is 23.7. The van der Waals surface area contributed by atoms with Gasteiger partial charge in [0.15, 0.2) is 0 Å². The first-order chi connectivity index (χ1) is 16.3. The van der Waals surface area contributed by atoms with E-state index in [0.29, 0.717) is 43.6 Å². The molecule has 172 valence electrons. The van der Waals surface area contributed by atoms with E-state index in [9.17, 15) is 18.4 Å². The van der Waals surface area contributed by atoms with Crippen LogP contribution in [-0.4, -0.2) is 44.3 Å². The maximum atomic E-state index is 13.8. The molecule has 3 heterocycles. The summed E-state index contributed by atoms with van der Waals surface area (Å²) in [5.74, 6) is -2.52. The summed E-state index contributed by atoms with van der Waals surface area (Å²) in [7, 11) is 0. The lowest BCUT2D eigenvalue weighted by Crippen LogP contribution is -2.17. The Bertz CT molecular complexity index is 1550. The second kappa shape index (κ2) is 7.34. The molecule has 2 unspecified atom stereocenters. The number of esters is 2. The first-order valence-electron chi connectivity index (χ1n) is 10.8. The van der Waals surface area contributed by atoms with Crippen LogP contribution in [-0.2, 0) is 4.74 Å². The van der Waals surface area contributed by atoms with Gasteiger partial charge in [-0.05, 0) is 55.7 Å². The summed E-state index contributed by atoms with van der Waals surface area (Å²) < 4.78 is 32.5. The average molecular weight is 464 g/mol. The SMILES string of the molecule is O=C1OC(=O)c2c1c1c3cc(F)ccc3[nH]c1c1[nH]c3ccc(F)cc3c21.OC1CCCC1O. The molecule has 0 saturated heterocycles. The number of rotatable bonds is 0. The maximum Gasteiger partial charge on any atom is 0.347 e. The Morgan fingerprint density at radius 2 is 1.21 bits per heavy atom. The highest BCUT2D eigenvalue weighted by atomic mass is 19.1. The molecule has 0 radical (unpaired) electrons. The Morgan fingerprint density at radius 3 is 1.59 bits per heavy atom. The first kappa shape index (κ1) is 20.8. The summed E-state index contributed by atoms with van der Waals surface area (Å²) in [6, 6.07) is 8.34. The quantitative estimate of drug-likeness (QED) is 0.200. The normalized spacial score (nSPS) is 19.8. The van der Waals surface area contributed by atoms with Gasteiger partial charge in [0.25, 0.3) is 0 Å². The second-order valence-electron chi connectivity index (χ2n) is 8.62. The van der Waals surface area contributed by atoms with Gasteiger partial charge in [0.1, 0.15) is 11.6 Å². The fraction of sp³-hybridized carbons (Fsp3) is 0.200. The van der Waals surface area contributed by atoms with Crippen LogP contribution in [0.1, 0.15) is 40.0 Å². The van der Waals surface area contributed by atoms with Crippen molar-refractivity contribution >= 4 is 55.6 Å². The summed E-state index contributed by atoms with van der Waals surface area (Å²) in [5, 5.41) is 19.3. The van der Waals surface area contributed by atoms with Crippen LogP contribution in [0, 0.1) is 11.6 Å². The number of hydrogen-bond donors (Lipinski definition) is 4. The molecule has 4 N–H and O–H groups in total. The van der Waals surface area contributed by atoms with Gasteiger partial charge in [-0.1, -0.05) is 0 Å². The number of aliphatic hydroxyl groups is 2. The fourth-order valence-corrected chi connectivity index (χ4v) is 4.99. The molecule has 1 fully saturated rings. The smallest absolute Gasteiger partial charge is 0.347 e. The Labute approximate surface area is 189 Å². The molecule has 9 heteroatoms. The highest BCUT2D eigenvalue weighted by Crippen LogP contribution is 2.43. The molecular formula is C25H18F2N2O5. The van der Waals surface area contributed by atoms with Crippen molar-refractivity contribution in [2.24, 2.45) is 0 Å². The third kappa shape index (κ3) is 2.94. The number of carbonyl (C=O) groups is 2. The third-order valence-electron chi connectivity index (χ3n) is 6.56. The number of halogens is 2. The van der Waals surface area contributed by atoms with Gasteiger partial charge in [-0.25, -0.2) is 18.4 Å². The van der Waals surface area contributed by atoms with E-state index < -0.39 is 35.8 Å². The molecular weight excluding hydrogens is 446 g/mol. The van der Waals surface area contributed by atoms with Crippen LogP contribution < -0.4 is 0 Å². The number of carbonyl (C=O) groups excluding carboxylic acids is 2. The molecule has 7 rings (SSSR count). The molecule has 7 nitrogen and oxygen atoms in total. The van der Waals surface area contributed by atoms with Crippen molar-refractivity contribution in [3.8, 4) is 0 Å². The summed E-state index contributed by atoms with van der Waals surface area (Å²) in [5.41, 5.74) is 2.44. The molecule has 2 aromatic heterocycles. The lowest BCUT2D eigenvalue weighted by molar-refractivity contribution is 0.0438. The van der Waals surface area contributed by atoms with Crippen LogP contribution >= 0.6 is 0 Å². The summed E-state index contributed by atoms with van der Waals surface area (Å²) in [6.07, 6.45) is 1.67. The summed E-state index contributed by atoms with van der Waals surface area (Å²) in [6.45, 7) is 0. The first-order valence-corrected chi connectivity index (χ1v) is 10.8. The van der Waals surface area contributed by atoms with Gasteiger partial charge in [-0.3, -0.25) is 0 Å². The number of fused-ring (bicyclic) bond motifs is 10. The Balaban J connectivity index is 0.000000269. The van der Waals surface area contributed by atoms with Crippen LogP contribution in [0.4, 0.5) is 8.78 Å². The molecule has 2 aliphatic rings. The molecule has 5 aromatic rings. The van der Waals surface area contributed by atoms with Gasteiger partial charge in [0.05, 0.1) is 34.4 Å². The van der Waals surface area contributed by atoms with Gasteiger partial charge in [-0.2, -0.15) is 0 Å². The van der Waals surface area contributed by atoms with E-state index in [1.54, 1.807) is 12.1 Å². The van der Waals surface area contributed by atoms with Crippen LogP contribution in [0.3, 0.4) is 0 Å². The van der Waals surface area contributed by atoms with Gasteiger partial charge in [0, 0.05) is 32.6 Å². The zero-order valence-corrected chi connectivity index (χ0v) is 17.6. The topological polar surface area (TPSA) is 115 Å². The molecule has 34 heavy (non-hydrogen) atoms. The molecule has 0 bridgehead atoms. The Morgan fingerprint density at radius 1 is 0.765 bits per heavy atom. The standard InChI is InChI=1S/C20H8F2N2O3.C5H10O2/c21-7-1-3-11-9(5-7)13-15-16(20(26)27-19(15)25)14-10-6-8(22)2-4-12(10)24-18(14)17(13)23-11;6-4-2-1-3-5(4)7/h1-6,23-24H;4-7H,1-3H2. The van der Waals surface area contributed by atoms with Crippen LogP contribution in [0.15, 0.2) is 36.4 Å². The Kier molecular flexibility index (Phi) is 4.48. The van der Waals surface area contributed by atoms with Crippen LogP contribution in [0.2, 0.25) is 0 Å². The van der Waals surface area contributed by atoms with Crippen molar-refractivity contribution in [2.45, 2.75) is 31.5 Å². The minimum Gasteiger partial charge on any atom is -0.390 e. The fourth-order valence-electron chi connectivity index (χ4n) is 4.99. The molecule has 0 amide bonds. The van der Waals surface area contributed by atoms with Gasteiger partial charge in [-0.15, -0.1) is 0 Å². The van der Waals surface area contributed by atoms with E-state index in [4.69, 9.17) is 14.9 Å². The number of hydrogen-bond acceptors (Lipinski definition) is 5. The molecule has 3 aromatic carbocycles. The predicted molar refractivity (Wildman–Crippen MR) is 121 cm³/mol. The zero-order valence-electron chi connectivity index (χ0n) is 17.6. The minimum atomic E-state index is -0.794. The van der Waals surface area contributed by atoms with E-state index in [0.717, 1.165) is 19.3 Å². The molecule has 1 aliphatic carbocycles. The van der Waals surface area contributed by atoms with Gasteiger partial charge in [0.2, 0.25) is 0 Å². The predicted octanol–water partition coefficient (Wildman–Crippen LogP) is 4.44. The molecule has 2 atom stereocenters. The van der Waals surface area contributed by atoms with Crippen molar-refractivity contribution in [3.05, 3.63) is 59.2 Å². The summed E-state index contributed by atoms with van der Waals surface area (Å²) in [4.78, 5) is 31.3. The number of ether oxygens (including phenoxy) is 1. The Hall–Kier alpha value is -3.82. The number of cyclic esters (lactones) is 2. The number of H-pyrrole nitrogens is 2. The highest BCUT2D eigenvalue weighted by molar-refractivity contribution is 6.36. The maximum absolute atomic E-state index is 13.8. The number of nitrogens with one attached hydrogen (secondary N) is 2.